The number of nitrogens with zero attached hydrogens (tertiary/aromatic N) is 1. The van der Waals surface area contributed by atoms with E-state index in [1.54, 1.807) is 0 Å². The summed E-state index contributed by atoms with van der Waals surface area (Å²) in [6, 6.07) is 4.25. The third-order valence-electron chi connectivity index (χ3n) is 2.01. The Morgan fingerprint density at radius 1 is 1.46 bits per heavy atom. The predicted molar refractivity (Wildman–Crippen MR) is 60.3 cm³/mol. The number of hydrogen-bond acceptors (Lipinski definition) is 1. The molecule has 0 aliphatic rings. The van der Waals surface area contributed by atoms with Crippen molar-refractivity contribution in [1.82, 2.24) is 4.98 Å². The Hall–Kier alpha value is -0.370. The number of halogens is 1. The lowest BCUT2D eigenvalue weighted by atomic mass is 9.88. The molecule has 0 fully saturated rings. The van der Waals surface area contributed by atoms with Gasteiger partial charge < -0.3 is 0 Å². The Kier molecular flexibility index (Phi) is 3.48. The standard InChI is InChI=1S/C11H16BrN/c1-9-6-10(4-5-13-9)7-11(2,3)8-12/h4-6H,7-8H2,1-3H3. The second kappa shape index (κ2) is 4.23. The first kappa shape index (κ1) is 10.7. The van der Waals surface area contributed by atoms with Crippen molar-refractivity contribution in [2.75, 3.05) is 5.33 Å². The molecule has 2 heteroatoms. The molecule has 0 radical (unpaired) electrons. The maximum atomic E-state index is 4.18. The van der Waals surface area contributed by atoms with Crippen molar-refractivity contribution < 1.29 is 0 Å². The van der Waals surface area contributed by atoms with E-state index >= 15 is 0 Å². The summed E-state index contributed by atoms with van der Waals surface area (Å²) >= 11 is 3.53. The highest BCUT2D eigenvalue weighted by Crippen LogP contribution is 2.23. The van der Waals surface area contributed by atoms with Crippen LogP contribution in [0.1, 0.15) is 25.1 Å². The van der Waals surface area contributed by atoms with Crippen LogP contribution in [0.4, 0.5) is 0 Å². The van der Waals surface area contributed by atoms with Crippen LogP contribution in [0.3, 0.4) is 0 Å². The Bertz CT molecular complexity index is 281. The van der Waals surface area contributed by atoms with Gasteiger partial charge in [-0.25, -0.2) is 0 Å². The topological polar surface area (TPSA) is 12.9 Å². The molecule has 0 aliphatic heterocycles. The first-order valence-corrected chi connectivity index (χ1v) is 5.63. The number of rotatable bonds is 3. The van der Waals surface area contributed by atoms with E-state index in [0.717, 1.165) is 17.4 Å². The third-order valence-corrected chi connectivity index (χ3v) is 3.52. The van der Waals surface area contributed by atoms with Gasteiger partial charge in [0.25, 0.3) is 0 Å². The number of aryl methyl sites for hydroxylation is 1. The minimum absolute atomic E-state index is 0.327. The van der Waals surface area contributed by atoms with Gasteiger partial charge >= 0.3 is 0 Å². The van der Waals surface area contributed by atoms with E-state index in [2.05, 4.69) is 46.9 Å². The summed E-state index contributed by atoms with van der Waals surface area (Å²) in [7, 11) is 0. The van der Waals surface area contributed by atoms with Gasteiger partial charge in [-0.05, 0) is 36.5 Å². The number of alkyl halides is 1. The van der Waals surface area contributed by atoms with Crippen LogP contribution in [-0.2, 0) is 6.42 Å². The minimum atomic E-state index is 0.327. The van der Waals surface area contributed by atoms with Gasteiger partial charge in [-0.1, -0.05) is 29.8 Å². The van der Waals surface area contributed by atoms with Crippen LogP contribution in [0.25, 0.3) is 0 Å². The molecule has 0 amide bonds. The molecule has 1 rings (SSSR count). The molecule has 1 aromatic heterocycles. The molecule has 0 N–H and O–H groups in total. The Morgan fingerprint density at radius 3 is 2.69 bits per heavy atom. The van der Waals surface area contributed by atoms with E-state index in [-0.39, 0.29) is 0 Å². The first-order valence-electron chi connectivity index (χ1n) is 4.51. The van der Waals surface area contributed by atoms with Crippen LogP contribution in [0.15, 0.2) is 18.3 Å². The Labute approximate surface area is 88.7 Å². The van der Waals surface area contributed by atoms with Gasteiger partial charge in [0.05, 0.1) is 0 Å². The molecule has 1 nitrogen and oxygen atoms in total. The number of hydrogen-bond donors (Lipinski definition) is 0. The number of aromatic nitrogens is 1. The van der Waals surface area contributed by atoms with E-state index in [4.69, 9.17) is 0 Å². The molecule has 0 unspecified atom stereocenters. The molecule has 0 saturated heterocycles. The summed E-state index contributed by atoms with van der Waals surface area (Å²) < 4.78 is 0. The van der Waals surface area contributed by atoms with Crippen molar-refractivity contribution in [1.29, 1.82) is 0 Å². The van der Waals surface area contributed by atoms with E-state index in [1.807, 2.05) is 13.1 Å². The van der Waals surface area contributed by atoms with Crippen molar-refractivity contribution in [2.24, 2.45) is 5.41 Å². The average Bonchev–Trinajstić information content (AvgIpc) is 2.03. The summed E-state index contributed by atoms with van der Waals surface area (Å²) in [5, 5.41) is 1.03. The zero-order valence-electron chi connectivity index (χ0n) is 8.47. The van der Waals surface area contributed by atoms with E-state index in [1.165, 1.54) is 5.56 Å². The third kappa shape index (κ3) is 3.47. The highest BCUT2D eigenvalue weighted by Gasteiger charge is 2.16. The average molecular weight is 242 g/mol. The molecular formula is C11H16BrN. The second-order valence-corrected chi connectivity index (χ2v) is 4.84. The summed E-state index contributed by atoms with van der Waals surface area (Å²) in [5.41, 5.74) is 2.80. The Morgan fingerprint density at radius 2 is 2.15 bits per heavy atom. The highest BCUT2D eigenvalue weighted by molar-refractivity contribution is 9.09. The van der Waals surface area contributed by atoms with Crippen LogP contribution in [0, 0.1) is 12.3 Å². The number of pyridine rings is 1. The molecule has 0 atom stereocenters. The zero-order valence-corrected chi connectivity index (χ0v) is 10.1. The highest BCUT2D eigenvalue weighted by atomic mass is 79.9. The minimum Gasteiger partial charge on any atom is -0.262 e. The summed E-state index contributed by atoms with van der Waals surface area (Å²) in [6.07, 6.45) is 2.98. The van der Waals surface area contributed by atoms with Crippen molar-refractivity contribution in [2.45, 2.75) is 27.2 Å². The van der Waals surface area contributed by atoms with Gasteiger partial charge in [-0.3, -0.25) is 4.98 Å². The predicted octanol–water partition coefficient (Wildman–Crippen LogP) is 3.35. The lowest BCUT2D eigenvalue weighted by Gasteiger charge is -2.21. The van der Waals surface area contributed by atoms with Crippen molar-refractivity contribution in [3.63, 3.8) is 0 Å². The van der Waals surface area contributed by atoms with Crippen LogP contribution < -0.4 is 0 Å². The summed E-state index contributed by atoms with van der Waals surface area (Å²) in [5.74, 6) is 0. The zero-order chi connectivity index (χ0) is 9.90. The molecular weight excluding hydrogens is 226 g/mol. The lowest BCUT2D eigenvalue weighted by Crippen LogP contribution is -2.16. The molecule has 0 bridgehead atoms. The van der Waals surface area contributed by atoms with Gasteiger partial charge in [0.15, 0.2) is 0 Å². The second-order valence-electron chi connectivity index (χ2n) is 4.28. The quantitative estimate of drug-likeness (QED) is 0.740. The molecule has 1 heterocycles. The normalized spacial score (nSPS) is 11.7. The molecule has 0 saturated carbocycles. The van der Waals surface area contributed by atoms with Crippen molar-refractivity contribution >= 4 is 15.9 Å². The molecule has 0 aromatic carbocycles. The monoisotopic (exact) mass is 241 g/mol. The first-order chi connectivity index (χ1) is 6.03. The van der Waals surface area contributed by atoms with E-state index < -0.39 is 0 Å². The summed E-state index contributed by atoms with van der Waals surface area (Å²) in [4.78, 5) is 4.18. The largest absolute Gasteiger partial charge is 0.262 e. The van der Waals surface area contributed by atoms with Crippen LogP contribution in [0.2, 0.25) is 0 Å². The van der Waals surface area contributed by atoms with Gasteiger partial charge in [-0.2, -0.15) is 0 Å². The fourth-order valence-electron chi connectivity index (χ4n) is 1.31. The van der Waals surface area contributed by atoms with Crippen molar-refractivity contribution in [3.05, 3.63) is 29.6 Å². The fraction of sp³-hybridized carbons (Fsp3) is 0.545. The molecule has 0 spiro atoms. The maximum Gasteiger partial charge on any atom is 0.0375 e. The summed E-state index contributed by atoms with van der Waals surface area (Å²) in [6.45, 7) is 6.56. The SMILES string of the molecule is Cc1cc(CC(C)(C)CBr)ccn1. The lowest BCUT2D eigenvalue weighted by molar-refractivity contribution is 0.424. The molecule has 72 valence electrons. The smallest absolute Gasteiger partial charge is 0.0375 e. The van der Waals surface area contributed by atoms with Gasteiger partial charge in [0, 0.05) is 17.2 Å². The Balaban J connectivity index is 2.74. The van der Waals surface area contributed by atoms with Gasteiger partial charge in [0.2, 0.25) is 0 Å². The maximum absolute atomic E-state index is 4.18. The molecule has 0 aliphatic carbocycles. The van der Waals surface area contributed by atoms with Gasteiger partial charge in [-0.15, -0.1) is 0 Å². The molecule has 13 heavy (non-hydrogen) atoms. The fourth-order valence-corrected chi connectivity index (χ4v) is 1.51. The van der Waals surface area contributed by atoms with E-state index in [9.17, 15) is 0 Å². The van der Waals surface area contributed by atoms with Crippen LogP contribution >= 0.6 is 15.9 Å². The van der Waals surface area contributed by atoms with Gasteiger partial charge in [0.1, 0.15) is 0 Å². The van der Waals surface area contributed by atoms with Crippen LogP contribution in [0.5, 0.6) is 0 Å². The van der Waals surface area contributed by atoms with Crippen molar-refractivity contribution in [3.8, 4) is 0 Å². The molecule has 1 aromatic rings. The van der Waals surface area contributed by atoms with E-state index in [0.29, 0.717) is 5.41 Å². The van der Waals surface area contributed by atoms with Crippen LogP contribution in [-0.4, -0.2) is 10.3 Å².